The van der Waals surface area contributed by atoms with E-state index in [1.165, 1.54) is 4.90 Å². The highest BCUT2D eigenvalue weighted by atomic mass is 19.1. The van der Waals surface area contributed by atoms with Crippen LogP contribution in [0.5, 0.6) is 0 Å². The van der Waals surface area contributed by atoms with Gasteiger partial charge in [0, 0.05) is 36.8 Å². The number of aromatic nitrogens is 1. The van der Waals surface area contributed by atoms with E-state index in [2.05, 4.69) is 16.5 Å². The van der Waals surface area contributed by atoms with Crippen molar-refractivity contribution in [3.8, 4) is 0 Å². The van der Waals surface area contributed by atoms with Gasteiger partial charge in [0.25, 0.3) is 11.8 Å². The molecule has 2 N–H and O–H groups in total. The molecule has 0 saturated carbocycles. The maximum Gasteiger partial charge on any atom is 0.255 e. The van der Waals surface area contributed by atoms with Crippen molar-refractivity contribution in [2.45, 2.75) is 44.9 Å². The number of nitrogens with two attached hydrogens (primary N) is 1. The number of allylic oxidation sites excluding steroid dienone is 1. The first-order valence-electron chi connectivity index (χ1n) is 10.7. The van der Waals surface area contributed by atoms with E-state index in [0.717, 1.165) is 36.5 Å². The van der Waals surface area contributed by atoms with Crippen molar-refractivity contribution in [3.63, 3.8) is 0 Å². The van der Waals surface area contributed by atoms with Crippen molar-refractivity contribution in [2.24, 2.45) is 5.73 Å². The highest BCUT2D eigenvalue weighted by Gasteiger charge is 2.28. The first-order valence-corrected chi connectivity index (χ1v) is 10.7. The van der Waals surface area contributed by atoms with E-state index in [1.807, 2.05) is 18.2 Å². The average Bonchev–Trinajstić information content (AvgIpc) is 2.77. The molecule has 3 aliphatic heterocycles. The molecule has 4 heterocycles. The molecule has 8 heteroatoms. The quantitative estimate of drug-likeness (QED) is 0.753. The largest absolute Gasteiger partial charge is 0.336 e. The number of piperidine rings is 1. The predicted molar refractivity (Wildman–Crippen MR) is 117 cm³/mol. The Morgan fingerprint density at radius 1 is 1.29 bits per heavy atom. The van der Waals surface area contributed by atoms with Crippen LogP contribution in [-0.4, -0.2) is 58.6 Å². The monoisotopic (exact) mass is 425 g/mol. The number of carbonyl (C=O) groups excluding carboxylic acids is 2. The highest BCUT2D eigenvalue weighted by molar-refractivity contribution is 5.95. The number of likely N-dealkylation sites (tertiary alicyclic amines) is 1. The van der Waals surface area contributed by atoms with Crippen molar-refractivity contribution in [3.05, 3.63) is 59.6 Å². The van der Waals surface area contributed by atoms with Crippen LogP contribution in [0.1, 0.15) is 42.1 Å². The topological polar surface area (TPSA) is 82.8 Å². The zero-order valence-corrected chi connectivity index (χ0v) is 17.8. The summed E-state index contributed by atoms with van der Waals surface area (Å²) in [4.78, 5) is 34.7. The van der Waals surface area contributed by atoms with Crippen molar-refractivity contribution < 1.29 is 14.0 Å². The summed E-state index contributed by atoms with van der Waals surface area (Å²) in [5, 5.41) is 0. The van der Waals surface area contributed by atoms with Gasteiger partial charge in [-0.25, -0.2) is 9.37 Å². The Balaban J connectivity index is 1.55. The standard InChI is InChI=1S/C23H28FN5O2/c1-15(2)22(30)29-10-7-19(12-20(29)25)28-9-3-5-16-11-17(13-26-21(16)28)23(31)27-8-4-6-18(24)14-27/h7,10-13,18,20H,1,3-6,8-9,14,25H2,2H3/t18-,20?/m1/s1. The van der Waals surface area contributed by atoms with E-state index in [-0.39, 0.29) is 18.4 Å². The van der Waals surface area contributed by atoms with E-state index >= 15 is 0 Å². The fraction of sp³-hybridized carbons (Fsp3) is 0.435. The van der Waals surface area contributed by atoms with Gasteiger partial charge in [-0.3, -0.25) is 14.5 Å². The maximum atomic E-state index is 13.7. The summed E-state index contributed by atoms with van der Waals surface area (Å²) in [6.45, 7) is 6.84. The molecule has 0 aromatic carbocycles. The number of pyridine rings is 1. The summed E-state index contributed by atoms with van der Waals surface area (Å²) in [6.07, 6.45) is 8.28. The van der Waals surface area contributed by atoms with Crippen LogP contribution in [0.3, 0.4) is 0 Å². The molecule has 0 aliphatic carbocycles. The first-order chi connectivity index (χ1) is 14.8. The summed E-state index contributed by atoms with van der Waals surface area (Å²) in [7, 11) is 0. The number of alkyl halides is 1. The number of halogens is 1. The number of fused-ring (bicyclic) bond motifs is 1. The van der Waals surface area contributed by atoms with Gasteiger partial charge < -0.3 is 15.5 Å². The number of anilines is 1. The van der Waals surface area contributed by atoms with Crippen molar-refractivity contribution in [2.75, 3.05) is 24.5 Å². The number of aryl methyl sites for hydroxylation is 1. The van der Waals surface area contributed by atoms with E-state index in [0.29, 0.717) is 30.5 Å². The number of amides is 2. The van der Waals surface area contributed by atoms with Gasteiger partial charge in [0.2, 0.25) is 0 Å². The molecule has 3 aliphatic rings. The Morgan fingerprint density at radius 3 is 2.81 bits per heavy atom. The third kappa shape index (κ3) is 4.25. The third-order valence-electron chi connectivity index (χ3n) is 5.90. The van der Waals surface area contributed by atoms with Crippen LogP contribution < -0.4 is 10.6 Å². The second-order valence-corrected chi connectivity index (χ2v) is 8.34. The fourth-order valence-electron chi connectivity index (χ4n) is 4.29. The molecule has 0 bridgehead atoms. The summed E-state index contributed by atoms with van der Waals surface area (Å²) < 4.78 is 13.7. The van der Waals surface area contributed by atoms with Crippen LogP contribution in [0.25, 0.3) is 0 Å². The van der Waals surface area contributed by atoms with Crippen LogP contribution in [0.15, 0.2) is 48.5 Å². The number of hydrogen-bond acceptors (Lipinski definition) is 5. The predicted octanol–water partition coefficient (Wildman–Crippen LogP) is 2.51. The Hall–Kier alpha value is -3.00. The average molecular weight is 426 g/mol. The third-order valence-corrected chi connectivity index (χ3v) is 5.90. The minimum absolute atomic E-state index is 0.150. The molecule has 1 fully saturated rings. The Kier molecular flexibility index (Phi) is 5.91. The lowest BCUT2D eigenvalue weighted by atomic mass is 10.0. The van der Waals surface area contributed by atoms with Gasteiger partial charge in [0.1, 0.15) is 18.2 Å². The SMILES string of the molecule is C=C(C)C(=O)N1C=CC(N2CCCc3cc(C(=O)N4CCC[C@@H](F)C4)cnc32)=CC1N. The van der Waals surface area contributed by atoms with Crippen LogP contribution in [0, 0.1) is 0 Å². The van der Waals surface area contributed by atoms with Crippen LogP contribution in [0.4, 0.5) is 10.2 Å². The lowest BCUT2D eigenvalue weighted by Crippen LogP contribution is -2.44. The molecule has 2 amide bonds. The summed E-state index contributed by atoms with van der Waals surface area (Å²) in [6, 6.07) is 1.88. The van der Waals surface area contributed by atoms with Gasteiger partial charge in [-0.05, 0) is 56.4 Å². The number of nitrogens with zero attached hydrogens (tertiary/aromatic N) is 4. The first kappa shape index (κ1) is 21.2. The van der Waals surface area contributed by atoms with Crippen molar-refractivity contribution >= 4 is 17.6 Å². The molecular weight excluding hydrogens is 397 g/mol. The van der Waals surface area contributed by atoms with E-state index in [1.54, 1.807) is 24.2 Å². The van der Waals surface area contributed by atoms with E-state index in [9.17, 15) is 14.0 Å². The normalized spacial score (nSPS) is 23.3. The second-order valence-electron chi connectivity index (χ2n) is 8.34. The zero-order valence-electron chi connectivity index (χ0n) is 17.8. The second kappa shape index (κ2) is 8.63. The molecule has 1 saturated heterocycles. The van der Waals surface area contributed by atoms with Gasteiger partial charge in [-0.1, -0.05) is 6.58 Å². The molecule has 1 unspecified atom stereocenters. The lowest BCUT2D eigenvalue weighted by Gasteiger charge is -2.35. The summed E-state index contributed by atoms with van der Waals surface area (Å²) in [5.41, 5.74) is 8.97. The number of rotatable bonds is 3. The minimum Gasteiger partial charge on any atom is -0.336 e. The molecule has 4 rings (SSSR count). The van der Waals surface area contributed by atoms with E-state index < -0.39 is 12.3 Å². The molecule has 1 aromatic heterocycles. The van der Waals surface area contributed by atoms with Crippen LogP contribution >= 0.6 is 0 Å². The lowest BCUT2D eigenvalue weighted by molar-refractivity contribution is -0.125. The Labute approximate surface area is 181 Å². The Morgan fingerprint density at radius 2 is 2.10 bits per heavy atom. The van der Waals surface area contributed by atoms with Gasteiger partial charge in [0.15, 0.2) is 0 Å². The molecule has 1 aromatic rings. The molecule has 2 atom stereocenters. The van der Waals surface area contributed by atoms with Crippen molar-refractivity contribution in [1.82, 2.24) is 14.8 Å². The van der Waals surface area contributed by atoms with Gasteiger partial charge in [0.05, 0.1) is 12.1 Å². The smallest absolute Gasteiger partial charge is 0.255 e. The molecule has 7 nitrogen and oxygen atoms in total. The van der Waals surface area contributed by atoms with Crippen LogP contribution in [-0.2, 0) is 11.2 Å². The maximum absolute atomic E-state index is 13.7. The molecule has 0 spiro atoms. The summed E-state index contributed by atoms with van der Waals surface area (Å²) in [5.74, 6) is 0.405. The number of hydrogen-bond donors (Lipinski definition) is 1. The molecule has 0 radical (unpaired) electrons. The minimum atomic E-state index is -0.954. The molecule has 31 heavy (non-hydrogen) atoms. The fourth-order valence-corrected chi connectivity index (χ4v) is 4.29. The van der Waals surface area contributed by atoms with Crippen LogP contribution in [0.2, 0.25) is 0 Å². The van der Waals surface area contributed by atoms with Gasteiger partial charge in [-0.15, -0.1) is 0 Å². The van der Waals surface area contributed by atoms with Gasteiger partial charge in [-0.2, -0.15) is 0 Å². The number of carbonyl (C=O) groups is 2. The highest BCUT2D eigenvalue weighted by Crippen LogP contribution is 2.31. The van der Waals surface area contributed by atoms with E-state index in [4.69, 9.17) is 5.73 Å². The Bertz CT molecular complexity index is 973. The molecular formula is C23H28FN5O2. The summed E-state index contributed by atoms with van der Waals surface area (Å²) >= 11 is 0. The van der Waals surface area contributed by atoms with Gasteiger partial charge >= 0.3 is 0 Å². The zero-order chi connectivity index (χ0) is 22.1. The van der Waals surface area contributed by atoms with Crippen molar-refractivity contribution in [1.29, 1.82) is 0 Å². The molecule has 164 valence electrons.